The van der Waals surface area contributed by atoms with Crippen molar-refractivity contribution >= 4 is 17.9 Å². The number of unbranched alkanes of at least 4 members (excludes halogenated alkanes) is 29. The van der Waals surface area contributed by atoms with Gasteiger partial charge in [0.1, 0.15) is 13.2 Å². The zero-order valence-electron chi connectivity index (χ0n) is 61.8. The van der Waals surface area contributed by atoms with Gasteiger partial charge in [0.2, 0.25) is 0 Å². The lowest BCUT2D eigenvalue weighted by Gasteiger charge is -2.25. The lowest BCUT2D eigenvalue weighted by atomic mass is 10.0. The van der Waals surface area contributed by atoms with Crippen LogP contribution in [0.1, 0.15) is 309 Å². The molecule has 1 N–H and O–H groups in total. The second-order valence-electron chi connectivity index (χ2n) is 26.6. The summed E-state index contributed by atoms with van der Waals surface area (Å²) in [5, 5.41) is 9.76. The van der Waals surface area contributed by atoms with Crippen LogP contribution in [0.15, 0.2) is 158 Å². The third-order valence-electron chi connectivity index (χ3n) is 16.3. The van der Waals surface area contributed by atoms with Gasteiger partial charge < -0.3 is 28.5 Å². The van der Waals surface area contributed by atoms with E-state index in [4.69, 9.17) is 18.9 Å². The average Bonchev–Trinajstić information content (AvgIpc) is 2.92. The molecular weight excluding hydrogens is 1170 g/mol. The quantitative estimate of drug-likeness (QED) is 0.0211. The van der Waals surface area contributed by atoms with Gasteiger partial charge in [0.15, 0.2) is 6.10 Å². The predicted molar refractivity (Wildman–Crippen MR) is 410 cm³/mol. The van der Waals surface area contributed by atoms with Crippen LogP contribution < -0.4 is 0 Å². The van der Waals surface area contributed by atoms with Gasteiger partial charge in [0.25, 0.3) is 6.29 Å². The minimum absolute atomic E-state index is 0.172. The first-order chi connectivity index (χ1) is 46.6. The standard InChI is InChI=1S/C86H143NO8/c1-6-8-10-12-14-16-18-20-22-24-26-28-30-32-34-36-38-39-40-41-42-43-44-45-47-49-51-53-55-57-59-61-63-65-67-69-71-73-75-77-84(89)95-82(81-94-86(85(90)91)92-79-78-87(3,4)5)80-93-83(88)76-74-72-70-68-66-64-62-60-58-56-54-52-50-48-46-37-35-33-31-29-27-25-23-21-19-17-15-13-11-9-7-2/h8,10,14,16,20,22,25-28,32,34,38-39,41-42,44-45,49,51,55,57,61,63,67,69,82,86H,6-7,9,11-13,15,17-19,21,23-24,29-31,33,35-37,40,43,46-48,50,52-54,56,58-60,62,64-66,68,70-81H2,1-5H3/p+1/b10-8-,16-14-,22-20-,27-25-,28-26-,34-32-,39-38-,42-41-,45-44-,51-49-,57-55-,63-61-,69-67-. The highest BCUT2D eigenvalue weighted by Crippen LogP contribution is 2.17. The molecule has 0 aliphatic heterocycles. The van der Waals surface area contributed by atoms with Crippen molar-refractivity contribution in [2.75, 3.05) is 47.5 Å². The molecule has 9 nitrogen and oxygen atoms in total. The van der Waals surface area contributed by atoms with Crippen molar-refractivity contribution in [2.45, 2.75) is 322 Å². The monoisotopic (exact) mass is 1320 g/mol. The van der Waals surface area contributed by atoms with E-state index in [0.717, 1.165) is 109 Å². The molecule has 0 aromatic rings. The van der Waals surface area contributed by atoms with Gasteiger partial charge in [-0.1, -0.05) is 326 Å². The molecule has 2 atom stereocenters. The minimum Gasteiger partial charge on any atom is -0.477 e. The molecule has 0 heterocycles. The molecule has 95 heavy (non-hydrogen) atoms. The fourth-order valence-electron chi connectivity index (χ4n) is 10.4. The Balaban J connectivity index is 4.20. The van der Waals surface area contributed by atoms with Gasteiger partial charge in [-0.2, -0.15) is 0 Å². The summed E-state index contributed by atoms with van der Waals surface area (Å²) in [4.78, 5) is 37.7. The molecule has 0 saturated carbocycles. The third kappa shape index (κ3) is 76.1. The topological polar surface area (TPSA) is 108 Å². The highest BCUT2D eigenvalue weighted by molar-refractivity contribution is 5.71. The first-order valence-electron chi connectivity index (χ1n) is 38.6. The van der Waals surface area contributed by atoms with Crippen LogP contribution in [0.4, 0.5) is 0 Å². The Hall–Kier alpha value is -5.09. The number of quaternary nitrogens is 1. The van der Waals surface area contributed by atoms with E-state index in [1.165, 1.54) is 167 Å². The van der Waals surface area contributed by atoms with Crippen LogP contribution in [0, 0.1) is 0 Å². The van der Waals surface area contributed by atoms with E-state index in [9.17, 15) is 19.5 Å². The summed E-state index contributed by atoms with van der Waals surface area (Å²) in [7, 11) is 5.96. The maximum Gasteiger partial charge on any atom is 0.361 e. The van der Waals surface area contributed by atoms with Crippen molar-refractivity contribution < 1.29 is 42.9 Å². The number of carbonyl (C=O) groups excluding carboxylic acids is 2. The van der Waals surface area contributed by atoms with Gasteiger partial charge in [-0.25, -0.2) is 4.79 Å². The van der Waals surface area contributed by atoms with Crippen LogP contribution >= 0.6 is 0 Å². The molecule has 9 heteroatoms. The van der Waals surface area contributed by atoms with E-state index in [2.05, 4.69) is 172 Å². The third-order valence-corrected chi connectivity index (χ3v) is 16.3. The molecule has 0 rings (SSSR count). The number of likely N-dealkylation sites (N-methyl/N-ethyl adjacent to an activating group) is 1. The summed E-state index contributed by atoms with van der Waals surface area (Å²) >= 11 is 0. The summed E-state index contributed by atoms with van der Waals surface area (Å²) in [6.45, 7) is 4.73. The number of allylic oxidation sites excluding steroid dienone is 26. The molecule has 0 radical (unpaired) electrons. The van der Waals surface area contributed by atoms with Crippen molar-refractivity contribution in [3.8, 4) is 0 Å². The zero-order chi connectivity index (χ0) is 69.0. The second-order valence-corrected chi connectivity index (χ2v) is 26.6. The second kappa shape index (κ2) is 74.7. The first-order valence-corrected chi connectivity index (χ1v) is 38.6. The molecule has 540 valence electrons. The van der Waals surface area contributed by atoms with E-state index >= 15 is 0 Å². The lowest BCUT2D eigenvalue weighted by molar-refractivity contribution is -0.870. The van der Waals surface area contributed by atoms with Crippen molar-refractivity contribution in [2.24, 2.45) is 0 Å². The number of ether oxygens (including phenoxy) is 4. The van der Waals surface area contributed by atoms with Crippen LogP contribution in [-0.2, 0) is 33.3 Å². The number of carboxylic acids is 1. The zero-order valence-corrected chi connectivity index (χ0v) is 61.8. The Bertz CT molecular complexity index is 2130. The number of hydrogen-bond donors (Lipinski definition) is 1. The Morgan fingerprint density at radius 2 is 0.600 bits per heavy atom. The summed E-state index contributed by atoms with van der Waals surface area (Å²) in [6, 6.07) is 0. The number of hydrogen-bond acceptors (Lipinski definition) is 7. The molecule has 0 amide bonds. The van der Waals surface area contributed by atoms with E-state index in [1.54, 1.807) is 0 Å². The SMILES string of the molecule is CC/C=C\C/C=C\C/C=C\C/C=C\C/C=C\C/C=C\C/C=C\C/C=C\C/C=C\C/C=C\C/C=C\C/C=C\CCCCC(=O)OC(COC(=O)CCCCCCCCCCCCCCCCCCCCC/C=C\CCCCCCCCCC)COC(OCC[N+](C)(C)C)C(=O)O. The fraction of sp³-hybridized carbons (Fsp3) is 0.663. The Kier molecular flexibility index (Phi) is 70.7. The normalized spacial score (nSPS) is 13.6. The number of carboxylic acid groups (broad SMARTS) is 1. The molecule has 0 saturated heterocycles. The number of esters is 2. The van der Waals surface area contributed by atoms with Crippen LogP contribution in [0.25, 0.3) is 0 Å². The molecule has 0 aromatic heterocycles. The Morgan fingerprint density at radius 1 is 0.326 bits per heavy atom. The summed E-state index contributed by atoms with van der Waals surface area (Å²) in [5.74, 6) is -2.07. The molecule has 0 aliphatic rings. The summed E-state index contributed by atoms with van der Waals surface area (Å²) in [6.07, 6.45) is 108. The van der Waals surface area contributed by atoms with Crippen molar-refractivity contribution in [3.05, 3.63) is 158 Å². The smallest absolute Gasteiger partial charge is 0.361 e. The average molecular weight is 1320 g/mol. The molecule has 0 fully saturated rings. The molecule has 0 aromatic carbocycles. The van der Waals surface area contributed by atoms with Gasteiger partial charge in [-0.15, -0.1) is 0 Å². The van der Waals surface area contributed by atoms with Gasteiger partial charge >= 0.3 is 17.9 Å². The molecule has 0 spiro atoms. The van der Waals surface area contributed by atoms with E-state index in [-0.39, 0.29) is 38.6 Å². The highest BCUT2D eigenvalue weighted by atomic mass is 16.7. The Morgan fingerprint density at radius 3 is 0.926 bits per heavy atom. The van der Waals surface area contributed by atoms with Gasteiger partial charge in [-0.05, 0) is 128 Å². The summed E-state index contributed by atoms with van der Waals surface area (Å²) in [5.41, 5.74) is 0. The van der Waals surface area contributed by atoms with Gasteiger partial charge in [0.05, 0.1) is 34.4 Å². The van der Waals surface area contributed by atoms with Gasteiger partial charge in [0, 0.05) is 12.8 Å². The van der Waals surface area contributed by atoms with Crippen LogP contribution in [-0.4, -0.2) is 87.4 Å². The van der Waals surface area contributed by atoms with Crippen molar-refractivity contribution in [1.29, 1.82) is 0 Å². The predicted octanol–water partition coefficient (Wildman–Crippen LogP) is 24.8. The molecule has 0 bridgehead atoms. The molecular formula is C86H144NO8+. The van der Waals surface area contributed by atoms with E-state index < -0.39 is 24.3 Å². The maximum atomic E-state index is 13.0. The highest BCUT2D eigenvalue weighted by Gasteiger charge is 2.25. The van der Waals surface area contributed by atoms with E-state index in [0.29, 0.717) is 17.4 Å². The number of nitrogens with zero attached hydrogens (tertiary/aromatic N) is 1. The molecule has 0 aliphatic carbocycles. The van der Waals surface area contributed by atoms with E-state index in [1.807, 2.05) is 21.1 Å². The molecule has 2 unspecified atom stereocenters. The number of aliphatic carboxylic acids is 1. The fourth-order valence-corrected chi connectivity index (χ4v) is 10.4. The largest absolute Gasteiger partial charge is 0.477 e. The summed E-state index contributed by atoms with van der Waals surface area (Å²) < 4.78 is 22.9. The Labute approximate surface area is 584 Å². The number of carbonyl (C=O) groups is 3. The lowest BCUT2D eigenvalue weighted by Crippen LogP contribution is -2.40. The maximum absolute atomic E-state index is 13.0. The van der Waals surface area contributed by atoms with Crippen molar-refractivity contribution in [1.82, 2.24) is 0 Å². The first kappa shape index (κ1) is 89.9. The van der Waals surface area contributed by atoms with Gasteiger partial charge in [-0.3, -0.25) is 9.59 Å². The van der Waals surface area contributed by atoms with Crippen LogP contribution in [0.5, 0.6) is 0 Å². The van der Waals surface area contributed by atoms with Crippen LogP contribution in [0.3, 0.4) is 0 Å². The minimum atomic E-state index is -1.53. The number of rotatable bonds is 70. The van der Waals surface area contributed by atoms with Crippen molar-refractivity contribution in [3.63, 3.8) is 0 Å². The van der Waals surface area contributed by atoms with Crippen LogP contribution in [0.2, 0.25) is 0 Å².